The summed E-state index contributed by atoms with van der Waals surface area (Å²) < 4.78 is 9.83. The monoisotopic (exact) mass is 244 g/mol. The summed E-state index contributed by atoms with van der Waals surface area (Å²) in [7, 11) is 1.56. The van der Waals surface area contributed by atoms with Crippen molar-refractivity contribution in [1.29, 1.82) is 0 Å². The molecule has 0 fully saturated rings. The maximum Gasteiger partial charge on any atom is 0.336 e. The van der Waals surface area contributed by atoms with Crippen molar-refractivity contribution >= 4 is 5.78 Å². The van der Waals surface area contributed by atoms with Gasteiger partial charge in [0.15, 0.2) is 5.78 Å². The van der Waals surface area contributed by atoms with Crippen LogP contribution in [0.2, 0.25) is 0 Å². The van der Waals surface area contributed by atoms with E-state index in [1.165, 1.54) is 6.07 Å². The largest absolute Gasteiger partial charge is 0.497 e. The minimum Gasteiger partial charge on any atom is -0.497 e. The average molecular weight is 244 g/mol. The van der Waals surface area contributed by atoms with E-state index in [1.807, 2.05) is 0 Å². The van der Waals surface area contributed by atoms with Crippen molar-refractivity contribution in [1.82, 2.24) is 0 Å². The first-order chi connectivity index (χ1) is 8.60. The zero-order valence-electron chi connectivity index (χ0n) is 10.1. The summed E-state index contributed by atoms with van der Waals surface area (Å²) in [6.45, 7) is 1.63. The van der Waals surface area contributed by atoms with Gasteiger partial charge in [0, 0.05) is 17.2 Å². The van der Waals surface area contributed by atoms with Crippen LogP contribution in [-0.2, 0) is 0 Å². The van der Waals surface area contributed by atoms with Crippen molar-refractivity contribution in [2.24, 2.45) is 0 Å². The second-order valence-corrected chi connectivity index (χ2v) is 3.83. The van der Waals surface area contributed by atoms with Gasteiger partial charge in [0.05, 0.1) is 7.11 Å². The van der Waals surface area contributed by atoms with Gasteiger partial charge in [-0.05, 0) is 37.3 Å². The maximum atomic E-state index is 12.1. The number of aryl methyl sites for hydroxylation is 1. The Morgan fingerprint density at radius 3 is 2.33 bits per heavy atom. The van der Waals surface area contributed by atoms with E-state index >= 15 is 0 Å². The number of hydrogen-bond donors (Lipinski definition) is 0. The van der Waals surface area contributed by atoms with Gasteiger partial charge in [0.25, 0.3) is 0 Å². The van der Waals surface area contributed by atoms with Gasteiger partial charge in [0.2, 0.25) is 0 Å². The molecule has 0 aliphatic rings. The first-order valence-electron chi connectivity index (χ1n) is 5.40. The molecule has 4 heteroatoms. The zero-order valence-corrected chi connectivity index (χ0v) is 10.1. The van der Waals surface area contributed by atoms with Gasteiger partial charge in [-0.25, -0.2) is 4.79 Å². The first kappa shape index (κ1) is 12.1. The van der Waals surface area contributed by atoms with Crippen LogP contribution in [0.15, 0.2) is 45.6 Å². The zero-order chi connectivity index (χ0) is 13.1. The molecule has 18 heavy (non-hydrogen) atoms. The van der Waals surface area contributed by atoms with Gasteiger partial charge >= 0.3 is 5.63 Å². The van der Waals surface area contributed by atoms with E-state index in [4.69, 9.17) is 9.15 Å². The molecule has 0 atom stereocenters. The third kappa shape index (κ3) is 2.48. The summed E-state index contributed by atoms with van der Waals surface area (Å²) in [5.41, 5.74) is 0.307. The molecule has 0 spiro atoms. The van der Waals surface area contributed by atoms with E-state index in [2.05, 4.69) is 0 Å². The number of rotatable bonds is 3. The van der Waals surface area contributed by atoms with Crippen LogP contribution in [-0.4, -0.2) is 12.9 Å². The van der Waals surface area contributed by atoms with Crippen LogP contribution in [0.25, 0.3) is 0 Å². The molecule has 0 radical (unpaired) electrons. The van der Waals surface area contributed by atoms with Crippen molar-refractivity contribution in [3.05, 3.63) is 63.7 Å². The number of benzene rings is 1. The Kier molecular flexibility index (Phi) is 3.28. The molecule has 0 aliphatic carbocycles. The lowest BCUT2D eigenvalue weighted by atomic mass is 10.0. The molecule has 4 nitrogen and oxygen atoms in total. The van der Waals surface area contributed by atoms with Crippen molar-refractivity contribution in [3.8, 4) is 5.75 Å². The Balaban J connectivity index is 2.38. The van der Waals surface area contributed by atoms with Gasteiger partial charge < -0.3 is 9.15 Å². The maximum absolute atomic E-state index is 12.1. The molecule has 0 N–H and O–H groups in total. The molecule has 92 valence electrons. The van der Waals surface area contributed by atoms with Crippen molar-refractivity contribution < 1.29 is 13.9 Å². The van der Waals surface area contributed by atoms with Crippen molar-refractivity contribution in [3.63, 3.8) is 0 Å². The highest BCUT2D eigenvalue weighted by atomic mass is 16.5. The topological polar surface area (TPSA) is 56.5 Å². The third-order valence-corrected chi connectivity index (χ3v) is 2.51. The molecule has 1 aromatic carbocycles. The predicted molar refractivity (Wildman–Crippen MR) is 66.1 cm³/mol. The molecular weight excluding hydrogens is 232 g/mol. The molecule has 1 aromatic heterocycles. The molecule has 2 aromatic rings. The fourth-order valence-corrected chi connectivity index (χ4v) is 1.65. The lowest BCUT2D eigenvalue weighted by Gasteiger charge is -2.03. The molecule has 0 saturated heterocycles. The van der Waals surface area contributed by atoms with Crippen LogP contribution < -0.4 is 10.4 Å². The van der Waals surface area contributed by atoms with E-state index in [1.54, 1.807) is 44.4 Å². The van der Waals surface area contributed by atoms with E-state index in [9.17, 15) is 9.59 Å². The Hall–Kier alpha value is -2.36. The molecule has 0 saturated carbocycles. The van der Waals surface area contributed by atoms with Crippen molar-refractivity contribution in [2.45, 2.75) is 6.92 Å². The van der Waals surface area contributed by atoms with Gasteiger partial charge in [0.1, 0.15) is 11.5 Å². The highest BCUT2D eigenvalue weighted by molar-refractivity contribution is 6.08. The summed E-state index contributed by atoms with van der Waals surface area (Å²) in [5, 5.41) is 0. The van der Waals surface area contributed by atoms with Crippen molar-refractivity contribution in [2.75, 3.05) is 7.11 Å². The first-order valence-corrected chi connectivity index (χ1v) is 5.40. The van der Waals surface area contributed by atoms with Gasteiger partial charge in [-0.15, -0.1) is 0 Å². The Morgan fingerprint density at radius 2 is 1.78 bits per heavy atom. The lowest BCUT2D eigenvalue weighted by Crippen LogP contribution is -2.07. The molecule has 1 heterocycles. The van der Waals surface area contributed by atoms with Crippen LogP contribution in [0.5, 0.6) is 5.75 Å². The molecule has 0 amide bonds. The summed E-state index contributed by atoms with van der Waals surface area (Å²) in [6, 6.07) is 9.46. The summed E-state index contributed by atoms with van der Waals surface area (Å²) in [6.07, 6.45) is 0. The summed E-state index contributed by atoms with van der Waals surface area (Å²) in [5.74, 6) is 0.878. The van der Waals surface area contributed by atoms with Crippen LogP contribution in [0.3, 0.4) is 0 Å². The average Bonchev–Trinajstić information content (AvgIpc) is 2.37. The number of ether oxygens (including phenoxy) is 1. The number of carbonyl (C=O) groups is 1. The SMILES string of the molecule is COc1ccc(C(=O)c2cc(C)oc(=O)c2)cc1. The second-order valence-electron chi connectivity index (χ2n) is 3.83. The molecule has 2 rings (SSSR count). The quantitative estimate of drug-likeness (QED) is 0.776. The van der Waals surface area contributed by atoms with Crippen LogP contribution >= 0.6 is 0 Å². The van der Waals surface area contributed by atoms with Gasteiger partial charge in [-0.2, -0.15) is 0 Å². The predicted octanol–water partition coefficient (Wildman–Crippen LogP) is 2.19. The summed E-state index contributed by atoms with van der Waals surface area (Å²) >= 11 is 0. The smallest absolute Gasteiger partial charge is 0.336 e. The second kappa shape index (κ2) is 4.87. The number of ketones is 1. The standard InChI is InChI=1S/C14H12O4/c1-9-7-11(8-13(15)18-9)14(16)10-3-5-12(17-2)6-4-10/h3-8H,1-2H3. The fourth-order valence-electron chi connectivity index (χ4n) is 1.65. The Labute approximate surface area is 104 Å². The van der Waals surface area contributed by atoms with Gasteiger partial charge in [-0.3, -0.25) is 4.79 Å². The Morgan fingerprint density at radius 1 is 1.11 bits per heavy atom. The van der Waals surface area contributed by atoms with Crippen LogP contribution in [0, 0.1) is 6.92 Å². The molecule has 0 unspecified atom stereocenters. The third-order valence-electron chi connectivity index (χ3n) is 2.51. The van der Waals surface area contributed by atoms with E-state index in [-0.39, 0.29) is 5.78 Å². The molecule has 0 bridgehead atoms. The number of methoxy groups -OCH3 is 1. The van der Waals surface area contributed by atoms with Crippen LogP contribution in [0.1, 0.15) is 21.7 Å². The highest BCUT2D eigenvalue weighted by Crippen LogP contribution is 2.14. The minimum absolute atomic E-state index is 0.214. The fraction of sp³-hybridized carbons (Fsp3) is 0.143. The van der Waals surface area contributed by atoms with E-state index < -0.39 is 5.63 Å². The number of carbonyl (C=O) groups excluding carboxylic acids is 1. The number of hydrogen-bond acceptors (Lipinski definition) is 4. The van der Waals surface area contributed by atoms with Crippen LogP contribution in [0.4, 0.5) is 0 Å². The molecular formula is C14H12O4. The highest BCUT2D eigenvalue weighted by Gasteiger charge is 2.11. The van der Waals surface area contributed by atoms with E-state index in [0.29, 0.717) is 22.6 Å². The summed E-state index contributed by atoms with van der Waals surface area (Å²) in [4.78, 5) is 23.3. The van der Waals surface area contributed by atoms with E-state index in [0.717, 1.165) is 0 Å². The van der Waals surface area contributed by atoms with Gasteiger partial charge in [-0.1, -0.05) is 0 Å². The Bertz CT molecular complexity index is 623. The molecule has 0 aliphatic heterocycles. The normalized spacial score (nSPS) is 10.1. The minimum atomic E-state index is -0.521. The lowest BCUT2D eigenvalue weighted by molar-refractivity contribution is 0.103.